The average molecular weight is 260 g/mol. The molecule has 1 aromatic rings. The third-order valence-corrected chi connectivity index (χ3v) is 2.88. The molecule has 0 saturated heterocycles. The van der Waals surface area contributed by atoms with E-state index in [1.54, 1.807) is 25.3 Å². The summed E-state index contributed by atoms with van der Waals surface area (Å²) >= 11 is 0. The number of ether oxygens (including phenoxy) is 1. The van der Waals surface area contributed by atoms with Gasteiger partial charge in [0.25, 0.3) is 17.9 Å². The molecule has 100 valence electrons. The first-order valence-electron chi connectivity index (χ1n) is 5.97. The van der Waals surface area contributed by atoms with Crippen LogP contribution in [-0.2, 0) is 9.59 Å². The number of rotatable bonds is 3. The largest absolute Gasteiger partial charge is 0.468 e. The molecule has 0 saturated carbocycles. The first-order chi connectivity index (χ1) is 9.02. The van der Waals surface area contributed by atoms with Gasteiger partial charge in [0.05, 0.1) is 5.69 Å². The minimum absolute atomic E-state index is 0.368. The van der Waals surface area contributed by atoms with Crippen molar-refractivity contribution in [2.24, 2.45) is 0 Å². The van der Waals surface area contributed by atoms with E-state index in [4.69, 9.17) is 4.74 Å². The second-order valence-corrected chi connectivity index (χ2v) is 4.49. The van der Waals surface area contributed by atoms with Crippen molar-refractivity contribution in [3.8, 4) is 5.75 Å². The number of anilines is 1. The second kappa shape index (κ2) is 5.14. The Kier molecular flexibility index (Phi) is 3.55. The molecule has 0 unspecified atom stereocenters. The normalized spacial score (nSPS) is 16.9. The Morgan fingerprint density at radius 2 is 2.32 bits per heavy atom. The van der Waals surface area contributed by atoms with Gasteiger partial charge in [-0.3, -0.25) is 9.59 Å². The standard InChI is InChI=1S/C14H16N2O3/c1-4-7-16(3)14(18)12-13(17)15-10-8-9(2)5-6-11(10)19-12/h4-6,8,12H,1,7H2,2-3H3,(H,15,17)/t12-/m1/s1. The van der Waals surface area contributed by atoms with Crippen molar-refractivity contribution < 1.29 is 14.3 Å². The highest BCUT2D eigenvalue weighted by atomic mass is 16.5. The molecule has 0 spiro atoms. The molecule has 1 heterocycles. The smallest absolute Gasteiger partial charge is 0.275 e. The molecule has 1 atom stereocenters. The van der Waals surface area contributed by atoms with Crippen LogP contribution in [0, 0.1) is 6.92 Å². The second-order valence-electron chi connectivity index (χ2n) is 4.49. The van der Waals surface area contributed by atoms with Crippen LogP contribution in [0.15, 0.2) is 30.9 Å². The number of carbonyl (C=O) groups excluding carboxylic acids is 2. The summed E-state index contributed by atoms with van der Waals surface area (Å²) in [4.78, 5) is 25.4. The predicted molar refractivity (Wildman–Crippen MR) is 72.1 cm³/mol. The number of fused-ring (bicyclic) bond motifs is 1. The van der Waals surface area contributed by atoms with E-state index in [9.17, 15) is 9.59 Å². The quantitative estimate of drug-likeness (QED) is 0.659. The van der Waals surface area contributed by atoms with Crippen LogP contribution in [0.25, 0.3) is 0 Å². The molecule has 2 amide bonds. The Morgan fingerprint density at radius 3 is 3.00 bits per heavy atom. The van der Waals surface area contributed by atoms with Crippen molar-refractivity contribution in [2.45, 2.75) is 13.0 Å². The summed E-state index contributed by atoms with van der Waals surface area (Å²) in [5.74, 6) is -0.321. The molecule has 2 rings (SSSR count). The van der Waals surface area contributed by atoms with Crippen LogP contribution in [-0.4, -0.2) is 36.4 Å². The summed E-state index contributed by atoms with van der Waals surface area (Å²) in [6.45, 7) is 5.84. The van der Waals surface area contributed by atoms with Gasteiger partial charge in [0.2, 0.25) is 0 Å². The number of likely N-dealkylation sites (N-methyl/N-ethyl adjacent to an activating group) is 1. The lowest BCUT2D eigenvalue weighted by atomic mass is 10.1. The van der Waals surface area contributed by atoms with Gasteiger partial charge in [-0.2, -0.15) is 0 Å². The maximum atomic E-state index is 12.1. The van der Waals surface area contributed by atoms with E-state index in [0.29, 0.717) is 18.0 Å². The zero-order valence-corrected chi connectivity index (χ0v) is 11.0. The summed E-state index contributed by atoms with van der Waals surface area (Å²) in [5.41, 5.74) is 1.61. The summed E-state index contributed by atoms with van der Waals surface area (Å²) in [5, 5.41) is 2.69. The zero-order chi connectivity index (χ0) is 14.0. The lowest BCUT2D eigenvalue weighted by Crippen LogP contribution is -2.49. The van der Waals surface area contributed by atoms with E-state index in [2.05, 4.69) is 11.9 Å². The van der Waals surface area contributed by atoms with Gasteiger partial charge in [0.1, 0.15) is 5.75 Å². The van der Waals surface area contributed by atoms with E-state index >= 15 is 0 Å². The van der Waals surface area contributed by atoms with Crippen LogP contribution in [0.4, 0.5) is 5.69 Å². The van der Waals surface area contributed by atoms with E-state index < -0.39 is 12.0 Å². The molecular weight excluding hydrogens is 244 g/mol. The van der Waals surface area contributed by atoms with Crippen LogP contribution in [0.3, 0.4) is 0 Å². The molecule has 1 aromatic carbocycles. The molecule has 0 aliphatic carbocycles. The highest BCUT2D eigenvalue weighted by Gasteiger charge is 2.35. The van der Waals surface area contributed by atoms with Crippen molar-refractivity contribution >= 4 is 17.5 Å². The molecule has 0 radical (unpaired) electrons. The fraction of sp³-hybridized carbons (Fsp3) is 0.286. The van der Waals surface area contributed by atoms with E-state index in [-0.39, 0.29) is 5.91 Å². The van der Waals surface area contributed by atoms with Crippen molar-refractivity contribution in [1.29, 1.82) is 0 Å². The third kappa shape index (κ3) is 2.59. The van der Waals surface area contributed by atoms with E-state index in [1.165, 1.54) is 4.90 Å². The minimum atomic E-state index is -1.14. The minimum Gasteiger partial charge on any atom is -0.468 e. The Morgan fingerprint density at radius 1 is 1.58 bits per heavy atom. The van der Waals surface area contributed by atoms with Crippen LogP contribution in [0.1, 0.15) is 5.56 Å². The summed E-state index contributed by atoms with van der Waals surface area (Å²) in [7, 11) is 1.60. The maximum Gasteiger partial charge on any atom is 0.275 e. The Labute approximate surface area is 111 Å². The molecule has 1 N–H and O–H groups in total. The Hall–Kier alpha value is -2.30. The van der Waals surface area contributed by atoms with Crippen molar-refractivity contribution in [3.63, 3.8) is 0 Å². The van der Waals surface area contributed by atoms with Gasteiger partial charge in [0.15, 0.2) is 0 Å². The maximum absolute atomic E-state index is 12.1. The molecule has 0 bridgehead atoms. The molecule has 5 nitrogen and oxygen atoms in total. The number of carbonyl (C=O) groups is 2. The SMILES string of the molecule is C=CCN(C)C(=O)[C@@H]1Oc2ccc(C)cc2NC1=O. The van der Waals surface area contributed by atoms with Gasteiger partial charge in [-0.1, -0.05) is 12.1 Å². The molecular formula is C14H16N2O3. The van der Waals surface area contributed by atoms with Crippen molar-refractivity contribution in [3.05, 3.63) is 36.4 Å². The number of nitrogens with zero attached hydrogens (tertiary/aromatic N) is 1. The summed E-state index contributed by atoms with van der Waals surface area (Å²) < 4.78 is 5.49. The first-order valence-corrected chi connectivity index (χ1v) is 5.97. The van der Waals surface area contributed by atoms with Crippen molar-refractivity contribution in [2.75, 3.05) is 18.9 Å². The Bertz CT molecular complexity index is 539. The number of hydrogen-bond acceptors (Lipinski definition) is 3. The average Bonchev–Trinajstić information content (AvgIpc) is 2.37. The lowest BCUT2D eigenvalue weighted by molar-refractivity contribution is -0.143. The fourth-order valence-electron chi connectivity index (χ4n) is 1.87. The highest BCUT2D eigenvalue weighted by molar-refractivity contribution is 6.11. The summed E-state index contributed by atoms with van der Waals surface area (Å²) in [6, 6.07) is 5.42. The van der Waals surface area contributed by atoms with Gasteiger partial charge < -0.3 is 15.0 Å². The monoisotopic (exact) mass is 260 g/mol. The topological polar surface area (TPSA) is 58.6 Å². The van der Waals surface area contributed by atoms with Crippen molar-refractivity contribution in [1.82, 2.24) is 4.90 Å². The molecule has 1 aliphatic rings. The van der Waals surface area contributed by atoms with Gasteiger partial charge in [-0.05, 0) is 24.6 Å². The summed E-state index contributed by atoms with van der Waals surface area (Å²) in [6.07, 6.45) is 0.454. The van der Waals surface area contributed by atoms with Gasteiger partial charge >= 0.3 is 0 Å². The van der Waals surface area contributed by atoms with E-state index in [1.807, 2.05) is 13.0 Å². The molecule has 0 aromatic heterocycles. The number of benzene rings is 1. The fourth-order valence-corrected chi connectivity index (χ4v) is 1.87. The lowest BCUT2D eigenvalue weighted by Gasteiger charge is -2.28. The number of aryl methyl sites for hydroxylation is 1. The number of hydrogen-bond donors (Lipinski definition) is 1. The predicted octanol–water partition coefficient (Wildman–Crippen LogP) is 1.34. The Balaban J connectivity index is 2.22. The number of nitrogens with one attached hydrogen (secondary N) is 1. The number of amides is 2. The van der Waals surface area contributed by atoms with Gasteiger partial charge in [-0.25, -0.2) is 0 Å². The highest BCUT2D eigenvalue weighted by Crippen LogP contribution is 2.30. The first kappa shape index (κ1) is 13.1. The van der Waals surface area contributed by atoms with Gasteiger partial charge in [0, 0.05) is 13.6 Å². The van der Waals surface area contributed by atoms with Crippen LogP contribution < -0.4 is 10.1 Å². The molecule has 1 aliphatic heterocycles. The van der Waals surface area contributed by atoms with E-state index in [0.717, 1.165) is 5.56 Å². The van der Waals surface area contributed by atoms with Crippen LogP contribution in [0.5, 0.6) is 5.75 Å². The zero-order valence-electron chi connectivity index (χ0n) is 11.0. The molecule has 0 fully saturated rings. The van der Waals surface area contributed by atoms with Gasteiger partial charge in [-0.15, -0.1) is 6.58 Å². The van der Waals surface area contributed by atoms with Crippen LogP contribution in [0.2, 0.25) is 0 Å². The molecule has 19 heavy (non-hydrogen) atoms. The molecule has 5 heteroatoms. The van der Waals surface area contributed by atoms with Crippen LogP contribution >= 0.6 is 0 Å². The third-order valence-electron chi connectivity index (χ3n) is 2.88.